The topological polar surface area (TPSA) is 127 Å². The van der Waals surface area contributed by atoms with Crippen LogP contribution in [0.1, 0.15) is 6.42 Å². The summed E-state index contributed by atoms with van der Waals surface area (Å²) >= 11 is 0. The van der Waals surface area contributed by atoms with E-state index in [1.54, 1.807) is 0 Å². The first kappa shape index (κ1) is 13.3. The van der Waals surface area contributed by atoms with Crippen LogP contribution in [0.5, 0.6) is 0 Å². The van der Waals surface area contributed by atoms with Crippen molar-refractivity contribution in [3.05, 3.63) is 0 Å². The molecular formula is C7H14O7. The maximum Gasteiger partial charge on any atom is 0.306 e. The van der Waals surface area contributed by atoms with E-state index in [9.17, 15) is 4.79 Å². The van der Waals surface area contributed by atoms with E-state index < -0.39 is 37.0 Å². The predicted molar refractivity (Wildman–Crippen MR) is 43.3 cm³/mol. The molecule has 4 atom stereocenters. The van der Waals surface area contributed by atoms with Gasteiger partial charge in [0.05, 0.1) is 12.5 Å². The minimum absolute atomic E-state index is 0.728. The van der Waals surface area contributed by atoms with Gasteiger partial charge in [0.2, 0.25) is 0 Å². The second-order valence-electron chi connectivity index (χ2n) is 2.77. The molecule has 0 aliphatic rings. The Morgan fingerprint density at radius 3 is 2.07 bits per heavy atom. The molecule has 0 rings (SSSR count). The maximum atomic E-state index is 10.1. The van der Waals surface area contributed by atoms with E-state index in [1.165, 1.54) is 0 Å². The average Bonchev–Trinajstić information content (AvgIpc) is 2.13. The largest absolute Gasteiger partial charge is 0.481 e. The smallest absolute Gasteiger partial charge is 0.306 e. The SMILES string of the molecule is CO[C@@H](O)C(O)[C@@H](O)[C@@H](O)CC(=O)O. The third-order valence-electron chi connectivity index (χ3n) is 1.66. The molecule has 0 heterocycles. The van der Waals surface area contributed by atoms with E-state index >= 15 is 0 Å². The van der Waals surface area contributed by atoms with Crippen LogP contribution in [-0.2, 0) is 9.53 Å². The van der Waals surface area contributed by atoms with Gasteiger partial charge in [0.15, 0.2) is 6.29 Å². The summed E-state index contributed by atoms with van der Waals surface area (Å²) in [5, 5.41) is 44.4. The molecular weight excluding hydrogens is 196 g/mol. The highest BCUT2D eigenvalue weighted by atomic mass is 16.6. The Kier molecular flexibility index (Phi) is 5.58. The van der Waals surface area contributed by atoms with Crippen molar-refractivity contribution in [1.29, 1.82) is 0 Å². The highest BCUT2D eigenvalue weighted by molar-refractivity contribution is 5.67. The van der Waals surface area contributed by atoms with Crippen molar-refractivity contribution < 1.29 is 35.1 Å². The van der Waals surface area contributed by atoms with Crippen molar-refractivity contribution >= 4 is 5.97 Å². The van der Waals surface area contributed by atoms with Crippen molar-refractivity contribution in [3.63, 3.8) is 0 Å². The molecule has 84 valence electrons. The summed E-state index contributed by atoms with van der Waals surface area (Å²) in [7, 11) is 1.09. The van der Waals surface area contributed by atoms with Gasteiger partial charge in [-0.05, 0) is 0 Å². The fraction of sp³-hybridized carbons (Fsp3) is 0.857. The molecule has 14 heavy (non-hydrogen) atoms. The molecule has 0 aromatic heterocycles. The maximum absolute atomic E-state index is 10.1. The zero-order chi connectivity index (χ0) is 11.3. The van der Waals surface area contributed by atoms with Crippen molar-refractivity contribution in [2.24, 2.45) is 0 Å². The zero-order valence-electron chi connectivity index (χ0n) is 7.57. The van der Waals surface area contributed by atoms with Gasteiger partial charge in [-0.25, -0.2) is 0 Å². The van der Waals surface area contributed by atoms with Crippen LogP contribution in [-0.4, -0.2) is 63.2 Å². The minimum atomic E-state index is -1.78. The lowest BCUT2D eigenvalue weighted by Crippen LogP contribution is -2.45. The van der Waals surface area contributed by atoms with E-state index in [-0.39, 0.29) is 0 Å². The number of aliphatic hydroxyl groups excluding tert-OH is 4. The van der Waals surface area contributed by atoms with Gasteiger partial charge in [0.25, 0.3) is 0 Å². The second-order valence-corrected chi connectivity index (χ2v) is 2.77. The number of methoxy groups -OCH3 is 1. The lowest BCUT2D eigenvalue weighted by atomic mass is 10.1. The number of hydrogen-bond donors (Lipinski definition) is 5. The van der Waals surface area contributed by atoms with Crippen LogP contribution >= 0.6 is 0 Å². The summed E-state index contributed by atoms with van der Waals surface area (Å²) in [5.41, 5.74) is 0. The van der Waals surface area contributed by atoms with Gasteiger partial charge in [0, 0.05) is 7.11 Å². The van der Waals surface area contributed by atoms with Crippen molar-refractivity contribution in [3.8, 4) is 0 Å². The second kappa shape index (κ2) is 5.89. The van der Waals surface area contributed by atoms with Gasteiger partial charge in [-0.15, -0.1) is 0 Å². The molecule has 0 bridgehead atoms. The summed E-state index contributed by atoms with van der Waals surface area (Å²) in [6, 6.07) is 0. The Bertz CT molecular complexity index is 183. The third kappa shape index (κ3) is 3.99. The number of ether oxygens (including phenoxy) is 1. The Hall–Kier alpha value is -0.730. The molecule has 0 aromatic carbocycles. The van der Waals surface area contributed by atoms with E-state index in [0.29, 0.717) is 0 Å². The molecule has 7 nitrogen and oxygen atoms in total. The molecule has 0 aliphatic heterocycles. The minimum Gasteiger partial charge on any atom is -0.481 e. The fourth-order valence-corrected chi connectivity index (χ4v) is 0.835. The molecule has 5 N–H and O–H groups in total. The first-order chi connectivity index (χ1) is 6.40. The third-order valence-corrected chi connectivity index (χ3v) is 1.66. The first-order valence-corrected chi connectivity index (χ1v) is 3.87. The number of hydrogen-bond acceptors (Lipinski definition) is 6. The van der Waals surface area contributed by atoms with Crippen LogP contribution in [0.25, 0.3) is 0 Å². The van der Waals surface area contributed by atoms with Crippen molar-refractivity contribution in [2.45, 2.75) is 31.0 Å². The van der Waals surface area contributed by atoms with Gasteiger partial charge >= 0.3 is 5.97 Å². The molecule has 0 aliphatic carbocycles. The molecule has 0 radical (unpaired) electrons. The van der Waals surface area contributed by atoms with Crippen LogP contribution in [0, 0.1) is 0 Å². The molecule has 1 unspecified atom stereocenters. The molecule has 0 fully saturated rings. The lowest BCUT2D eigenvalue weighted by Gasteiger charge is -2.24. The average molecular weight is 210 g/mol. The number of rotatable bonds is 6. The van der Waals surface area contributed by atoms with Crippen LogP contribution in [0.4, 0.5) is 0 Å². The van der Waals surface area contributed by atoms with Gasteiger partial charge in [0.1, 0.15) is 12.2 Å². The summed E-state index contributed by atoms with van der Waals surface area (Å²) in [6.07, 6.45) is -7.59. The summed E-state index contributed by atoms with van der Waals surface area (Å²) in [6.45, 7) is 0. The Balaban J connectivity index is 4.15. The predicted octanol–water partition coefficient (Wildman–Crippen LogP) is -2.49. The molecule has 0 saturated heterocycles. The molecule has 0 spiro atoms. The summed E-state index contributed by atoms with van der Waals surface area (Å²) < 4.78 is 4.28. The van der Waals surface area contributed by atoms with Crippen LogP contribution < -0.4 is 0 Å². The Morgan fingerprint density at radius 2 is 1.71 bits per heavy atom. The molecule has 0 aromatic rings. The number of carboxylic acids is 1. The number of carboxylic acid groups (broad SMARTS) is 1. The van der Waals surface area contributed by atoms with E-state index in [4.69, 9.17) is 25.5 Å². The van der Waals surface area contributed by atoms with Crippen LogP contribution in [0.2, 0.25) is 0 Å². The summed E-state index contributed by atoms with van der Waals surface area (Å²) in [5.74, 6) is -1.32. The van der Waals surface area contributed by atoms with Crippen LogP contribution in [0.15, 0.2) is 0 Å². The van der Waals surface area contributed by atoms with E-state index in [2.05, 4.69) is 4.74 Å². The highest BCUT2D eigenvalue weighted by Gasteiger charge is 2.31. The van der Waals surface area contributed by atoms with Crippen LogP contribution in [0.3, 0.4) is 0 Å². The monoisotopic (exact) mass is 210 g/mol. The lowest BCUT2D eigenvalue weighted by molar-refractivity contribution is -0.192. The summed E-state index contributed by atoms with van der Waals surface area (Å²) in [4.78, 5) is 10.1. The Labute approximate surface area is 80.2 Å². The fourth-order valence-electron chi connectivity index (χ4n) is 0.835. The molecule has 0 saturated carbocycles. The van der Waals surface area contributed by atoms with E-state index in [1.807, 2.05) is 0 Å². The Morgan fingerprint density at radius 1 is 1.21 bits per heavy atom. The normalized spacial score (nSPS) is 19.8. The van der Waals surface area contributed by atoms with Crippen molar-refractivity contribution in [1.82, 2.24) is 0 Å². The van der Waals surface area contributed by atoms with Crippen molar-refractivity contribution in [2.75, 3.05) is 7.11 Å². The number of aliphatic hydroxyl groups is 4. The van der Waals surface area contributed by atoms with Gasteiger partial charge in [-0.2, -0.15) is 0 Å². The van der Waals surface area contributed by atoms with Gasteiger partial charge in [-0.1, -0.05) is 0 Å². The first-order valence-electron chi connectivity index (χ1n) is 3.87. The standard InChI is InChI=1S/C7H14O7/c1-14-7(13)6(12)5(11)3(8)2-4(9)10/h3,5-8,11-13H,2H2,1H3,(H,9,10)/t3-,5-,6?,7+/m0/s1. The van der Waals surface area contributed by atoms with Gasteiger partial charge in [-0.3, -0.25) is 4.79 Å². The van der Waals surface area contributed by atoms with E-state index in [0.717, 1.165) is 7.11 Å². The molecule has 7 heteroatoms. The van der Waals surface area contributed by atoms with Gasteiger partial charge < -0.3 is 30.3 Å². The molecule has 0 amide bonds. The zero-order valence-corrected chi connectivity index (χ0v) is 7.57. The number of carbonyl (C=O) groups is 1. The quantitative estimate of drug-likeness (QED) is 0.307. The highest BCUT2D eigenvalue weighted by Crippen LogP contribution is 2.08. The number of aliphatic carboxylic acids is 1.